The molecule has 4 atom stereocenters. The first-order chi connectivity index (χ1) is 15.3. The van der Waals surface area contributed by atoms with Crippen LogP contribution >= 0.6 is 23.4 Å². The minimum Gasteiger partial charge on any atom is -0.481 e. The van der Waals surface area contributed by atoms with E-state index in [1.54, 1.807) is 12.1 Å². The number of hydrogen-bond donors (Lipinski definition) is 3. The highest BCUT2D eigenvalue weighted by atomic mass is 35.5. The summed E-state index contributed by atoms with van der Waals surface area (Å²) in [5, 5.41) is 31.2. The van der Waals surface area contributed by atoms with Gasteiger partial charge in [0.05, 0.1) is 11.7 Å². The van der Waals surface area contributed by atoms with Gasteiger partial charge in [0.25, 0.3) is 0 Å². The number of halogens is 1. The van der Waals surface area contributed by atoms with Crippen LogP contribution in [-0.2, 0) is 15.2 Å². The molecule has 1 aromatic carbocycles. The van der Waals surface area contributed by atoms with Gasteiger partial charge < -0.3 is 15.3 Å². The molecule has 32 heavy (non-hydrogen) atoms. The van der Waals surface area contributed by atoms with E-state index in [0.29, 0.717) is 30.0 Å². The Morgan fingerprint density at radius 2 is 1.81 bits per heavy atom. The molecule has 3 N–H and O–H groups in total. The number of carboxylic acid groups (broad SMARTS) is 1. The highest BCUT2D eigenvalue weighted by Crippen LogP contribution is 2.41. The number of aliphatic hydroxyl groups excluding tert-OH is 1. The maximum Gasteiger partial charge on any atom is 0.303 e. The average molecular weight is 485 g/mol. The van der Waals surface area contributed by atoms with Crippen molar-refractivity contribution in [2.45, 2.75) is 94.5 Å². The molecular weight excluding hydrogens is 448 g/mol. The molecule has 0 aromatic heterocycles. The lowest BCUT2D eigenvalue weighted by Crippen LogP contribution is -2.32. The fourth-order valence-electron chi connectivity index (χ4n) is 4.43. The summed E-state index contributed by atoms with van der Waals surface area (Å²) >= 11 is 7.54. The summed E-state index contributed by atoms with van der Waals surface area (Å²) in [5.74, 6) is -0.466. The molecule has 5 nitrogen and oxygen atoms in total. The van der Waals surface area contributed by atoms with E-state index in [0.717, 1.165) is 44.1 Å². The highest BCUT2D eigenvalue weighted by Gasteiger charge is 2.43. The van der Waals surface area contributed by atoms with Crippen molar-refractivity contribution in [3.05, 3.63) is 34.9 Å². The van der Waals surface area contributed by atoms with Crippen LogP contribution in [-0.4, -0.2) is 44.2 Å². The summed E-state index contributed by atoms with van der Waals surface area (Å²) in [4.78, 5) is 23.1. The number of carbonyl (C=O) groups is 2. The van der Waals surface area contributed by atoms with E-state index in [-0.39, 0.29) is 29.8 Å². The van der Waals surface area contributed by atoms with Crippen molar-refractivity contribution in [3.63, 3.8) is 0 Å². The lowest BCUT2D eigenvalue weighted by atomic mass is 9.90. The maximum atomic E-state index is 12.5. The van der Waals surface area contributed by atoms with Crippen molar-refractivity contribution in [2.24, 2.45) is 5.92 Å². The number of unbranched alkanes of at least 4 members (excludes halogenated alkanes) is 5. The zero-order chi connectivity index (χ0) is 23.6. The smallest absolute Gasteiger partial charge is 0.303 e. The number of carboxylic acids is 1. The summed E-state index contributed by atoms with van der Waals surface area (Å²) in [6, 6.07) is 7.29. The first kappa shape index (κ1) is 27.2. The number of hydrogen-bond acceptors (Lipinski definition) is 5. The third kappa shape index (κ3) is 8.36. The Bertz CT molecular complexity index is 726. The van der Waals surface area contributed by atoms with Crippen molar-refractivity contribution in [3.8, 4) is 0 Å². The third-order valence-corrected chi connectivity index (χ3v) is 8.27. The van der Waals surface area contributed by atoms with Gasteiger partial charge in [0.2, 0.25) is 0 Å². The molecule has 2 rings (SSSR count). The number of Topliss-reactive ketones (excluding diaryl/α,β-unsaturated/α-hetero) is 1. The molecule has 1 saturated carbocycles. The standard InChI is InChI=1S/C25H37ClO5S/c1-2-3-8-15-25(31,18-11-13-19(26)14-12-18)17-32-24-20(21(27)16-22(24)28)9-6-4-5-7-10-23(29)30/h11-14,20,22,24,28,31H,2-10,15-17H2,1H3,(H,29,30)/t20-,22?,24+,25?/m0/s1. The van der Waals surface area contributed by atoms with E-state index in [1.807, 2.05) is 12.1 Å². The lowest BCUT2D eigenvalue weighted by molar-refractivity contribution is -0.137. The zero-order valence-electron chi connectivity index (χ0n) is 19.0. The Hall–Kier alpha value is -1.08. The van der Waals surface area contributed by atoms with Gasteiger partial charge in [-0.1, -0.05) is 69.2 Å². The van der Waals surface area contributed by atoms with E-state index in [1.165, 1.54) is 11.8 Å². The van der Waals surface area contributed by atoms with Crippen molar-refractivity contribution in [1.82, 2.24) is 0 Å². The van der Waals surface area contributed by atoms with Gasteiger partial charge in [-0.2, -0.15) is 11.8 Å². The normalized spacial score (nSPS) is 22.8. The van der Waals surface area contributed by atoms with Gasteiger partial charge in [0, 0.05) is 34.8 Å². The van der Waals surface area contributed by atoms with E-state index in [2.05, 4.69) is 6.92 Å². The minimum atomic E-state index is -1.03. The number of aliphatic hydroxyl groups is 2. The van der Waals surface area contributed by atoms with Gasteiger partial charge in [0.1, 0.15) is 5.78 Å². The maximum absolute atomic E-state index is 12.5. The van der Waals surface area contributed by atoms with E-state index in [9.17, 15) is 19.8 Å². The molecule has 1 aliphatic carbocycles. The first-order valence-corrected chi connectivity index (χ1v) is 13.2. The van der Waals surface area contributed by atoms with Gasteiger partial charge >= 0.3 is 5.97 Å². The summed E-state index contributed by atoms with van der Waals surface area (Å²) in [5.41, 5.74) is -0.212. The predicted molar refractivity (Wildman–Crippen MR) is 130 cm³/mol. The van der Waals surface area contributed by atoms with Crippen LogP contribution in [0.4, 0.5) is 0 Å². The molecule has 7 heteroatoms. The monoisotopic (exact) mass is 484 g/mol. The molecule has 1 aromatic rings. The molecule has 2 unspecified atom stereocenters. The molecule has 0 bridgehead atoms. The Kier molecular flexibility index (Phi) is 11.5. The van der Waals surface area contributed by atoms with Crippen LogP contribution in [0.25, 0.3) is 0 Å². The summed E-state index contributed by atoms with van der Waals surface area (Å²) in [6.07, 6.45) is 7.23. The van der Waals surface area contributed by atoms with Gasteiger partial charge in [-0.3, -0.25) is 9.59 Å². The topological polar surface area (TPSA) is 94.8 Å². The highest BCUT2D eigenvalue weighted by molar-refractivity contribution is 8.00. The quantitative estimate of drug-likeness (QED) is 0.281. The van der Waals surface area contributed by atoms with E-state index in [4.69, 9.17) is 16.7 Å². The largest absolute Gasteiger partial charge is 0.481 e. The Morgan fingerprint density at radius 1 is 1.12 bits per heavy atom. The van der Waals surface area contributed by atoms with Gasteiger partial charge in [-0.15, -0.1) is 0 Å². The van der Waals surface area contributed by atoms with Crippen LogP contribution in [0.1, 0.15) is 83.1 Å². The number of thioether (sulfide) groups is 1. The number of rotatable bonds is 15. The van der Waals surface area contributed by atoms with Crippen molar-refractivity contribution >= 4 is 35.1 Å². The Balaban J connectivity index is 1.97. The van der Waals surface area contributed by atoms with Crippen molar-refractivity contribution < 1.29 is 24.9 Å². The van der Waals surface area contributed by atoms with E-state index < -0.39 is 17.7 Å². The Morgan fingerprint density at radius 3 is 2.47 bits per heavy atom. The molecule has 0 radical (unpaired) electrons. The van der Waals surface area contributed by atoms with Crippen LogP contribution in [0.3, 0.4) is 0 Å². The number of carbonyl (C=O) groups excluding carboxylic acids is 1. The van der Waals surface area contributed by atoms with Crippen LogP contribution in [0, 0.1) is 5.92 Å². The molecule has 180 valence electrons. The molecule has 0 amide bonds. The SMILES string of the molecule is CCCCCC(O)(CS[C@H]1C(O)CC(=O)[C@@H]1CCCCCCC(=O)O)c1ccc(Cl)cc1. The zero-order valence-corrected chi connectivity index (χ0v) is 20.5. The second kappa shape index (κ2) is 13.6. The molecule has 1 fully saturated rings. The lowest BCUT2D eigenvalue weighted by Gasteiger charge is -2.31. The number of ketones is 1. The summed E-state index contributed by atoms with van der Waals surface area (Å²) < 4.78 is 0. The minimum absolute atomic E-state index is 0.0987. The third-order valence-electron chi connectivity index (χ3n) is 6.35. The molecule has 0 spiro atoms. The molecule has 0 saturated heterocycles. The van der Waals surface area contributed by atoms with Crippen LogP contribution in [0.2, 0.25) is 5.02 Å². The molecular formula is C25H37ClO5S. The van der Waals surface area contributed by atoms with Gasteiger partial charge in [0.15, 0.2) is 0 Å². The molecule has 0 aliphatic heterocycles. The first-order valence-electron chi connectivity index (χ1n) is 11.8. The predicted octanol–water partition coefficient (Wildman–Crippen LogP) is 5.58. The van der Waals surface area contributed by atoms with Crippen LogP contribution in [0.15, 0.2) is 24.3 Å². The Labute approximate surface area is 200 Å². The summed E-state index contributed by atoms with van der Waals surface area (Å²) in [7, 11) is 0. The van der Waals surface area contributed by atoms with Crippen molar-refractivity contribution in [1.29, 1.82) is 0 Å². The number of benzene rings is 1. The van der Waals surface area contributed by atoms with E-state index >= 15 is 0 Å². The number of aliphatic carboxylic acids is 1. The second-order valence-electron chi connectivity index (χ2n) is 8.96. The average Bonchev–Trinajstić information content (AvgIpc) is 3.01. The molecule has 0 heterocycles. The van der Waals surface area contributed by atoms with Gasteiger partial charge in [-0.05, 0) is 37.0 Å². The second-order valence-corrected chi connectivity index (χ2v) is 10.6. The fourth-order valence-corrected chi connectivity index (χ4v) is 6.18. The molecule has 1 aliphatic rings. The van der Waals surface area contributed by atoms with Gasteiger partial charge in [-0.25, -0.2) is 0 Å². The van der Waals surface area contributed by atoms with Crippen LogP contribution in [0.5, 0.6) is 0 Å². The van der Waals surface area contributed by atoms with Crippen molar-refractivity contribution in [2.75, 3.05) is 5.75 Å². The summed E-state index contributed by atoms with van der Waals surface area (Å²) in [6.45, 7) is 2.13. The van der Waals surface area contributed by atoms with Crippen LogP contribution < -0.4 is 0 Å². The fraction of sp³-hybridized carbons (Fsp3) is 0.680.